The number of hydrogen-bond acceptors (Lipinski definition) is 4. The van der Waals surface area contributed by atoms with Crippen LogP contribution in [0.4, 0.5) is 9.93 Å². The minimum atomic E-state index is -0.291. The average Bonchev–Trinajstić information content (AvgIpc) is 3.15. The maximum atomic E-state index is 12.1. The van der Waals surface area contributed by atoms with Gasteiger partial charge < -0.3 is 10.2 Å². The summed E-state index contributed by atoms with van der Waals surface area (Å²) < 4.78 is 0. The molecule has 2 heterocycles. The van der Waals surface area contributed by atoms with Gasteiger partial charge in [-0.15, -0.1) is 0 Å². The molecule has 1 aromatic rings. The number of carbonyl (C=O) groups excluding carboxylic acids is 2. The zero-order valence-electron chi connectivity index (χ0n) is 13.2. The highest BCUT2D eigenvalue weighted by Crippen LogP contribution is 2.32. The molecule has 0 spiro atoms. The lowest BCUT2D eigenvalue weighted by Gasteiger charge is -2.29. The summed E-state index contributed by atoms with van der Waals surface area (Å²) >= 11 is 1.24. The minimum Gasteiger partial charge on any atom is -0.346 e. The van der Waals surface area contributed by atoms with Gasteiger partial charge in [-0.05, 0) is 26.2 Å². The molecule has 7 heteroatoms. The molecule has 0 bridgehead atoms. The molecule has 0 saturated heterocycles. The Balaban J connectivity index is 1.63. The van der Waals surface area contributed by atoms with E-state index >= 15 is 0 Å². The molecule has 120 valence electrons. The second-order valence-corrected chi connectivity index (χ2v) is 7.89. The van der Waals surface area contributed by atoms with Gasteiger partial charge in [0.25, 0.3) is 5.91 Å². The smallest absolute Gasteiger partial charge is 0.323 e. The van der Waals surface area contributed by atoms with Gasteiger partial charge in [-0.3, -0.25) is 10.1 Å². The van der Waals surface area contributed by atoms with E-state index < -0.39 is 0 Å². The average molecular weight is 322 g/mol. The third-order valence-electron chi connectivity index (χ3n) is 4.10. The summed E-state index contributed by atoms with van der Waals surface area (Å²) in [4.78, 5) is 30.9. The molecule has 0 radical (unpaired) electrons. The molecule has 2 N–H and O–H groups in total. The number of thiazole rings is 1. The van der Waals surface area contributed by atoms with Gasteiger partial charge in [0.2, 0.25) is 0 Å². The summed E-state index contributed by atoms with van der Waals surface area (Å²) in [5, 5.41) is 6.26. The van der Waals surface area contributed by atoms with Gasteiger partial charge in [0.15, 0.2) is 5.13 Å². The van der Waals surface area contributed by atoms with Crippen molar-refractivity contribution < 1.29 is 9.59 Å². The van der Waals surface area contributed by atoms with Crippen molar-refractivity contribution in [2.75, 3.05) is 18.9 Å². The summed E-state index contributed by atoms with van der Waals surface area (Å²) in [6.45, 7) is 4.70. The first-order valence-corrected chi connectivity index (χ1v) is 8.50. The van der Waals surface area contributed by atoms with Crippen molar-refractivity contribution in [1.82, 2.24) is 15.2 Å². The Morgan fingerprint density at radius 3 is 2.91 bits per heavy atom. The monoisotopic (exact) mass is 322 g/mol. The zero-order chi connectivity index (χ0) is 15.9. The molecule has 2 aliphatic rings. The minimum absolute atomic E-state index is 0.105. The van der Waals surface area contributed by atoms with E-state index in [1.165, 1.54) is 24.2 Å². The molecule has 1 saturated carbocycles. The van der Waals surface area contributed by atoms with E-state index in [0.29, 0.717) is 16.4 Å². The molecule has 3 amide bonds. The standard InChI is InChI=1S/C15H22N4O2S/c1-15(2)8-10-11(12(20)18-15)22-13(16-10)17-14(21)19(3)7-6-9-4-5-9/h9H,4-8H2,1-3H3,(H,18,20)(H,16,17,21). The number of aromatic nitrogens is 1. The van der Waals surface area contributed by atoms with Gasteiger partial charge in [0.05, 0.1) is 5.69 Å². The summed E-state index contributed by atoms with van der Waals surface area (Å²) in [6, 6.07) is -0.161. The highest BCUT2D eigenvalue weighted by atomic mass is 32.1. The second kappa shape index (κ2) is 5.53. The fourth-order valence-electron chi connectivity index (χ4n) is 2.60. The predicted molar refractivity (Wildman–Crippen MR) is 86.4 cm³/mol. The lowest BCUT2D eigenvalue weighted by molar-refractivity contribution is 0.0901. The Hall–Kier alpha value is -1.63. The fourth-order valence-corrected chi connectivity index (χ4v) is 3.47. The molecular formula is C15H22N4O2S. The molecule has 0 atom stereocenters. The number of nitrogens with one attached hydrogen (secondary N) is 2. The predicted octanol–water partition coefficient (Wildman–Crippen LogP) is 2.47. The number of hydrogen-bond donors (Lipinski definition) is 2. The first kappa shape index (κ1) is 15.3. The van der Waals surface area contributed by atoms with Crippen LogP contribution in [0.15, 0.2) is 0 Å². The third-order valence-corrected chi connectivity index (χ3v) is 5.11. The lowest BCUT2D eigenvalue weighted by Crippen LogP contribution is -2.48. The van der Waals surface area contributed by atoms with Gasteiger partial charge in [0.1, 0.15) is 4.88 Å². The number of anilines is 1. The Kier molecular flexibility index (Phi) is 3.84. The summed E-state index contributed by atoms with van der Waals surface area (Å²) in [6.07, 6.45) is 4.33. The van der Waals surface area contributed by atoms with Gasteiger partial charge in [-0.1, -0.05) is 24.2 Å². The van der Waals surface area contributed by atoms with Crippen LogP contribution in [-0.2, 0) is 6.42 Å². The Labute approximate surface area is 134 Å². The van der Waals surface area contributed by atoms with Crippen molar-refractivity contribution in [3.63, 3.8) is 0 Å². The number of fused-ring (bicyclic) bond motifs is 1. The Morgan fingerprint density at radius 1 is 1.50 bits per heavy atom. The Bertz CT molecular complexity index is 607. The molecule has 1 fully saturated rings. The number of rotatable bonds is 4. The second-order valence-electron chi connectivity index (χ2n) is 6.89. The van der Waals surface area contributed by atoms with E-state index in [4.69, 9.17) is 0 Å². The van der Waals surface area contributed by atoms with Crippen LogP contribution < -0.4 is 10.6 Å². The largest absolute Gasteiger partial charge is 0.346 e. The van der Waals surface area contributed by atoms with Crippen molar-refractivity contribution in [2.24, 2.45) is 5.92 Å². The van der Waals surface area contributed by atoms with Gasteiger partial charge >= 0.3 is 6.03 Å². The van der Waals surface area contributed by atoms with E-state index in [2.05, 4.69) is 15.6 Å². The molecule has 1 aromatic heterocycles. The number of nitrogens with zero attached hydrogens (tertiary/aromatic N) is 2. The van der Waals surface area contributed by atoms with Gasteiger partial charge in [0, 0.05) is 25.6 Å². The summed E-state index contributed by atoms with van der Waals surface area (Å²) in [7, 11) is 1.79. The third kappa shape index (κ3) is 3.40. The van der Waals surface area contributed by atoms with Crippen LogP contribution in [-0.4, -0.2) is 41.0 Å². The van der Waals surface area contributed by atoms with Crippen LogP contribution in [0.2, 0.25) is 0 Å². The first-order valence-electron chi connectivity index (χ1n) is 7.68. The maximum Gasteiger partial charge on any atom is 0.323 e. The molecule has 3 rings (SSSR count). The van der Waals surface area contributed by atoms with Gasteiger partial charge in [-0.25, -0.2) is 9.78 Å². The molecular weight excluding hydrogens is 300 g/mol. The quantitative estimate of drug-likeness (QED) is 0.894. The van der Waals surface area contributed by atoms with E-state index in [1.54, 1.807) is 11.9 Å². The van der Waals surface area contributed by atoms with E-state index in [-0.39, 0.29) is 17.5 Å². The van der Waals surface area contributed by atoms with E-state index in [0.717, 1.165) is 24.6 Å². The van der Waals surface area contributed by atoms with Gasteiger partial charge in [-0.2, -0.15) is 0 Å². The van der Waals surface area contributed by atoms with Crippen LogP contribution in [0.5, 0.6) is 0 Å². The molecule has 6 nitrogen and oxygen atoms in total. The molecule has 1 aliphatic carbocycles. The molecule has 0 aromatic carbocycles. The first-order chi connectivity index (χ1) is 10.3. The number of carbonyl (C=O) groups is 2. The maximum absolute atomic E-state index is 12.1. The Morgan fingerprint density at radius 2 is 2.23 bits per heavy atom. The SMILES string of the molecule is CN(CCC1CC1)C(=O)Nc1nc2c(s1)C(=O)NC(C)(C)C2. The molecule has 1 aliphatic heterocycles. The normalized spacial score (nSPS) is 19.3. The van der Waals surface area contributed by atoms with Crippen molar-refractivity contribution in [2.45, 2.75) is 45.1 Å². The molecule has 22 heavy (non-hydrogen) atoms. The van der Waals surface area contributed by atoms with Crippen molar-refractivity contribution in [3.05, 3.63) is 10.6 Å². The van der Waals surface area contributed by atoms with Crippen LogP contribution in [0.3, 0.4) is 0 Å². The van der Waals surface area contributed by atoms with Crippen LogP contribution in [0, 0.1) is 5.92 Å². The van der Waals surface area contributed by atoms with Crippen LogP contribution in [0.25, 0.3) is 0 Å². The van der Waals surface area contributed by atoms with Crippen molar-refractivity contribution >= 4 is 28.4 Å². The molecule has 0 unspecified atom stereocenters. The van der Waals surface area contributed by atoms with Crippen LogP contribution in [0.1, 0.15) is 48.5 Å². The number of urea groups is 1. The summed E-state index contributed by atoms with van der Waals surface area (Å²) in [5.41, 5.74) is 0.482. The lowest BCUT2D eigenvalue weighted by atomic mass is 9.94. The van der Waals surface area contributed by atoms with Crippen LogP contribution >= 0.6 is 11.3 Å². The highest BCUT2D eigenvalue weighted by Gasteiger charge is 2.33. The number of amides is 3. The van der Waals surface area contributed by atoms with Crippen molar-refractivity contribution in [3.8, 4) is 0 Å². The van der Waals surface area contributed by atoms with E-state index in [1.807, 2.05) is 13.8 Å². The highest BCUT2D eigenvalue weighted by molar-refractivity contribution is 7.17. The van der Waals surface area contributed by atoms with Crippen molar-refractivity contribution in [1.29, 1.82) is 0 Å². The summed E-state index contributed by atoms with van der Waals surface area (Å²) in [5.74, 6) is 0.694. The topological polar surface area (TPSA) is 74.3 Å². The fraction of sp³-hybridized carbons (Fsp3) is 0.667. The van der Waals surface area contributed by atoms with E-state index in [9.17, 15) is 9.59 Å². The zero-order valence-corrected chi connectivity index (χ0v) is 14.0.